The van der Waals surface area contributed by atoms with Gasteiger partial charge in [-0.15, -0.1) is 0 Å². The van der Waals surface area contributed by atoms with Crippen LogP contribution in [0, 0.1) is 6.92 Å². The van der Waals surface area contributed by atoms with Crippen molar-refractivity contribution >= 4 is 23.0 Å². The van der Waals surface area contributed by atoms with Gasteiger partial charge in [-0.2, -0.15) is 0 Å². The molecule has 0 saturated carbocycles. The van der Waals surface area contributed by atoms with E-state index in [0.29, 0.717) is 11.5 Å². The number of aliphatic imine (C=N–C) groups is 1. The molecule has 0 unspecified atom stereocenters. The minimum absolute atomic E-state index is 0.204. The highest BCUT2D eigenvalue weighted by Crippen LogP contribution is 2.28. The Labute approximate surface area is 145 Å². The molecular weight excluding hydrogens is 312 g/mol. The van der Waals surface area contributed by atoms with E-state index in [-0.39, 0.29) is 5.75 Å². The fourth-order valence-corrected chi connectivity index (χ4v) is 2.66. The second-order valence-corrected chi connectivity index (χ2v) is 5.80. The van der Waals surface area contributed by atoms with Crippen molar-refractivity contribution in [3.63, 3.8) is 0 Å². The number of nitrogens with zero attached hydrogens (tertiary/aromatic N) is 2. The quantitative estimate of drug-likeness (QED) is 0.522. The van der Waals surface area contributed by atoms with Gasteiger partial charge < -0.3 is 9.52 Å². The van der Waals surface area contributed by atoms with Crippen molar-refractivity contribution in [2.45, 2.75) is 6.92 Å². The first kappa shape index (κ1) is 15.1. The number of hydrogen-bond donors (Lipinski definition) is 1. The summed E-state index contributed by atoms with van der Waals surface area (Å²) in [7, 11) is 0. The summed E-state index contributed by atoms with van der Waals surface area (Å²) in [6, 6.07) is 20.7. The number of rotatable bonds is 3. The first-order valence-electron chi connectivity index (χ1n) is 7.99. The molecule has 0 fully saturated rings. The predicted octanol–water partition coefficient (Wildman–Crippen LogP) is 5.26. The summed E-state index contributed by atoms with van der Waals surface area (Å²) in [6.45, 7) is 2.03. The molecule has 4 nitrogen and oxygen atoms in total. The topological polar surface area (TPSA) is 58.6 Å². The highest BCUT2D eigenvalue weighted by Gasteiger charge is 2.10. The maximum absolute atomic E-state index is 9.80. The molecule has 122 valence electrons. The lowest BCUT2D eigenvalue weighted by Crippen LogP contribution is -1.81. The fourth-order valence-electron chi connectivity index (χ4n) is 2.66. The summed E-state index contributed by atoms with van der Waals surface area (Å²) in [5.41, 5.74) is 5.00. The minimum atomic E-state index is 0.204. The van der Waals surface area contributed by atoms with Crippen LogP contribution in [0.2, 0.25) is 0 Å². The Kier molecular flexibility index (Phi) is 3.78. The molecule has 1 heterocycles. The largest absolute Gasteiger partial charge is 0.507 e. The number of para-hydroxylation sites is 1. The van der Waals surface area contributed by atoms with Crippen LogP contribution >= 0.6 is 0 Å². The number of oxazole rings is 1. The number of aromatic nitrogens is 1. The molecule has 0 aliphatic rings. The highest BCUT2D eigenvalue weighted by atomic mass is 16.3. The van der Waals surface area contributed by atoms with Crippen LogP contribution in [0.15, 0.2) is 76.1 Å². The Morgan fingerprint density at radius 1 is 1.00 bits per heavy atom. The zero-order valence-corrected chi connectivity index (χ0v) is 13.7. The SMILES string of the molecule is Cc1ccccc1-c1nc2cc(N=Cc3ccccc3O)ccc2o1. The number of benzene rings is 3. The smallest absolute Gasteiger partial charge is 0.227 e. The van der Waals surface area contributed by atoms with Crippen LogP contribution in [0.3, 0.4) is 0 Å². The normalized spacial score (nSPS) is 11.4. The third-order valence-electron chi connectivity index (χ3n) is 4.04. The summed E-state index contributed by atoms with van der Waals surface area (Å²) >= 11 is 0. The van der Waals surface area contributed by atoms with Gasteiger partial charge >= 0.3 is 0 Å². The van der Waals surface area contributed by atoms with Crippen molar-refractivity contribution in [3.8, 4) is 17.2 Å². The molecule has 1 N–H and O–H groups in total. The van der Waals surface area contributed by atoms with Gasteiger partial charge in [0.2, 0.25) is 5.89 Å². The van der Waals surface area contributed by atoms with E-state index in [2.05, 4.69) is 9.98 Å². The van der Waals surface area contributed by atoms with Crippen molar-refractivity contribution in [2.75, 3.05) is 0 Å². The number of phenols is 1. The number of hydrogen-bond acceptors (Lipinski definition) is 4. The average Bonchev–Trinajstić information content (AvgIpc) is 3.04. The lowest BCUT2D eigenvalue weighted by atomic mass is 10.1. The molecule has 0 radical (unpaired) electrons. The molecule has 25 heavy (non-hydrogen) atoms. The molecular formula is C21H16N2O2. The standard InChI is InChI=1S/C21H16N2O2/c1-14-6-2-4-8-17(14)21-23-18-12-16(10-11-20(18)25-21)22-13-15-7-3-5-9-19(15)24/h2-13,24H,1H3. The van der Waals surface area contributed by atoms with Gasteiger partial charge in [-0.05, 0) is 48.9 Å². The maximum atomic E-state index is 9.80. The van der Waals surface area contributed by atoms with E-state index in [1.165, 1.54) is 0 Å². The third kappa shape index (κ3) is 3.02. The van der Waals surface area contributed by atoms with E-state index in [1.807, 2.05) is 61.5 Å². The fraction of sp³-hybridized carbons (Fsp3) is 0.0476. The second-order valence-electron chi connectivity index (χ2n) is 5.80. The Morgan fingerprint density at radius 2 is 1.80 bits per heavy atom. The van der Waals surface area contributed by atoms with Crippen LogP contribution in [0.1, 0.15) is 11.1 Å². The number of fused-ring (bicyclic) bond motifs is 1. The zero-order chi connectivity index (χ0) is 17.2. The van der Waals surface area contributed by atoms with Crippen molar-refractivity contribution in [2.24, 2.45) is 4.99 Å². The molecule has 0 bridgehead atoms. The first-order chi connectivity index (χ1) is 12.2. The lowest BCUT2D eigenvalue weighted by Gasteiger charge is -1.98. The number of phenolic OH excluding ortho intramolecular Hbond substituents is 1. The summed E-state index contributed by atoms with van der Waals surface area (Å²) in [5.74, 6) is 0.811. The van der Waals surface area contributed by atoms with E-state index < -0.39 is 0 Å². The molecule has 4 heteroatoms. The van der Waals surface area contributed by atoms with Gasteiger partial charge in [-0.1, -0.05) is 30.3 Å². The minimum Gasteiger partial charge on any atom is -0.507 e. The molecule has 4 aromatic rings. The van der Waals surface area contributed by atoms with Crippen LogP contribution in [-0.2, 0) is 0 Å². The van der Waals surface area contributed by atoms with Gasteiger partial charge in [0, 0.05) is 17.3 Å². The molecule has 0 amide bonds. The molecule has 4 rings (SSSR count). The van der Waals surface area contributed by atoms with Gasteiger partial charge in [-0.25, -0.2) is 4.98 Å². The van der Waals surface area contributed by atoms with Crippen LogP contribution in [0.4, 0.5) is 5.69 Å². The van der Waals surface area contributed by atoms with Crippen molar-refractivity contribution < 1.29 is 9.52 Å². The molecule has 0 atom stereocenters. The average molecular weight is 328 g/mol. The Morgan fingerprint density at radius 3 is 2.64 bits per heavy atom. The van der Waals surface area contributed by atoms with Gasteiger partial charge in [0.1, 0.15) is 11.3 Å². The molecule has 3 aromatic carbocycles. The summed E-state index contributed by atoms with van der Waals surface area (Å²) < 4.78 is 5.87. The zero-order valence-electron chi connectivity index (χ0n) is 13.7. The number of aryl methyl sites for hydroxylation is 1. The lowest BCUT2D eigenvalue weighted by molar-refractivity contribution is 0.474. The Bertz CT molecular complexity index is 1080. The van der Waals surface area contributed by atoms with Gasteiger partial charge in [0.25, 0.3) is 0 Å². The first-order valence-corrected chi connectivity index (χ1v) is 7.99. The van der Waals surface area contributed by atoms with Crippen LogP contribution in [0.25, 0.3) is 22.6 Å². The highest BCUT2D eigenvalue weighted by molar-refractivity contribution is 5.87. The van der Waals surface area contributed by atoms with E-state index in [4.69, 9.17) is 4.42 Å². The maximum Gasteiger partial charge on any atom is 0.227 e. The van der Waals surface area contributed by atoms with Crippen LogP contribution in [-0.4, -0.2) is 16.3 Å². The van der Waals surface area contributed by atoms with E-state index in [0.717, 1.165) is 27.9 Å². The van der Waals surface area contributed by atoms with Crippen LogP contribution in [0.5, 0.6) is 5.75 Å². The number of aromatic hydroxyl groups is 1. The predicted molar refractivity (Wildman–Crippen MR) is 99.5 cm³/mol. The van der Waals surface area contributed by atoms with E-state index >= 15 is 0 Å². The van der Waals surface area contributed by atoms with Gasteiger partial charge in [0.15, 0.2) is 5.58 Å². The molecule has 0 aliphatic heterocycles. The van der Waals surface area contributed by atoms with Crippen molar-refractivity contribution in [1.29, 1.82) is 0 Å². The van der Waals surface area contributed by atoms with Crippen molar-refractivity contribution in [1.82, 2.24) is 4.98 Å². The summed E-state index contributed by atoms with van der Waals surface area (Å²) in [4.78, 5) is 9.01. The van der Waals surface area contributed by atoms with Gasteiger partial charge in [0.05, 0.1) is 5.69 Å². The third-order valence-corrected chi connectivity index (χ3v) is 4.04. The molecule has 0 saturated heterocycles. The Balaban J connectivity index is 1.69. The molecule has 0 spiro atoms. The summed E-state index contributed by atoms with van der Waals surface area (Å²) in [6.07, 6.45) is 1.64. The van der Waals surface area contributed by atoms with Gasteiger partial charge in [-0.3, -0.25) is 4.99 Å². The van der Waals surface area contributed by atoms with Crippen molar-refractivity contribution in [3.05, 3.63) is 77.9 Å². The van der Waals surface area contributed by atoms with E-state index in [9.17, 15) is 5.11 Å². The Hall–Kier alpha value is -3.40. The van der Waals surface area contributed by atoms with Crippen LogP contribution < -0.4 is 0 Å². The summed E-state index contributed by atoms with van der Waals surface area (Å²) in [5, 5.41) is 9.80. The van der Waals surface area contributed by atoms with E-state index in [1.54, 1.807) is 18.3 Å². The second kappa shape index (κ2) is 6.24. The molecule has 0 aliphatic carbocycles. The molecule has 1 aromatic heterocycles. The monoisotopic (exact) mass is 328 g/mol.